The average Bonchev–Trinajstić information content (AvgIpc) is 3.03. The number of hydrogen-bond donors (Lipinski definition) is 1. The van der Waals surface area contributed by atoms with E-state index < -0.39 is 18.0 Å². The molecule has 2 amide bonds. The summed E-state index contributed by atoms with van der Waals surface area (Å²) in [6.45, 7) is 2.18. The Morgan fingerprint density at radius 1 is 1.48 bits per heavy atom. The van der Waals surface area contributed by atoms with Crippen LogP contribution in [0.1, 0.15) is 31.9 Å². The molecular weight excluding hydrogens is 300 g/mol. The minimum absolute atomic E-state index is 0.108. The third-order valence-corrected chi connectivity index (χ3v) is 4.06. The van der Waals surface area contributed by atoms with E-state index in [1.54, 1.807) is 30.2 Å². The quantitative estimate of drug-likeness (QED) is 0.785. The van der Waals surface area contributed by atoms with Crippen molar-refractivity contribution in [2.75, 3.05) is 6.54 Å². The Morgan fingerprint density at radius 2 is 2.26 bits per heavy atom. The van der Waals surface area contributed by atoms with Gasteiger partial charge in [-0.15, -0.1) is 0 Å². The molecule has 0 bridgehead atoms. The fourth-order valence-electron chi connectivity index (χ4n) is 2.54. The lowest BCUT2D eigenvalue weighted by molar-refractivity contribution is -0.158. The zero-order valence-electron chi connectivity index (χ0n) is 13.0. The molecule has 2 aliphatic rings. The molecule has 2 fully saturated rings. The Morgan fingerprint density at radius 3 is 2.91 bits per heavy atom. The molecular formula is C16H20N2O5. The van der Waals surface area contributed by atoms with Gasteiger partial charge in [0.05, 0.1) is 18.7 Å². The van der Waals surface area contributed by atoms with Crippen molar-refractivity contribution < 1.29 is 23.5 Å². The van der Waals surface area contributed by atoms with E-state index in [2.05, 4.69) is 5.32 Å². The number of hydrogen-bond acceptors (Lipinski definition) is 5. The Bertz CT molecular complexity index is 594. The molecule has 2 atom stereocenters. The molecule has 0 radical (unpaired) electrons. The number of carbonyl (C=O) groups excluding carboxylic acids is 3. The van der Waals surface area contributed by atoms with E-state index in [0.717, 1.165) is 12.8 Å². The summed E-state index contributed by atoms with van der Waals surface area (Å²) in [6, 6.07) is 3.76. The van der Waals surface area contributed by atoms with Crippen LogP contribution in [0, 0.1) is 5.92 Å². The second-order valence-electron chi connectivity index (χ2n) is 6.12. The van der Waals surface area contributed by atoms with Gasteiger partial charge in [-0.1, -0.05) is 0 Å². The Kier molecular flexibility index (Phi) is 4.36. The molecule has 1 saturated carbocycles. The molecule has 0 unspecified atom stereocenters. The van der Waals surface area contributed by atoms with Crippen LogP contribution in [0.25, 0.3) is 0 Å². The fourth-order valence-corrected chi connectivity index (χ4v) is 2.54. The summed E-state index contributed by atoms with van der Waals surface area (Å²) in [5, 5.41) is 2.79. The lowest BCUT2D eigenvalue weighted by atomic mass is 10.1. The summed E-state index contributed by atoms with van der Waals surface area (Å²) in [5.74, 6) is -0.757. The van der Waals surface area contributed by atoms with Gasteiger partial charge in [-0.3, -0.25) is 14.4 Å². The van der Waals surface area contributed by atoms with E-state index >= 15 is 0 Å². The average molecular weight is 320 g/mol. The zero-order chi connectivity index (χ0) is 16.4. The van der Waals surface area contributed by atoms with Crippen molar-refractivity contribution in [3.05, 3.63) is 24.2 Å². The van der Waals surface area contributed by atoms with E-state index in [9.17, 15) is 14.4 Å². The first-order chi connectivity index (χ1) is 11.0. The van der Waals surface area contributed by atoms with Crippen LogP contribution in [0.4, 0.5) is 0 Å². The first kappa shape index (κ1) is 15.6. The van der Waals surface area contributed by atoms with Gasteiger partial charge >= 0.3 is 5.97 Å². The van der Waals surface area contributed by atoms with Crippen molar-refractivity contribution in [1.82, 2.24) is 10.2 Å². The number of carbonyl (C=O) groups is 3. The maximum atomic E-state index is 12.2. The summed E-state index contributed by atoms with van der Waals surface area (Å²) in [5.41, 5.74) is 0. The van der Waals surface area contributed by atoms with Crippen LogP contribution in [0.5, 0.6) is 0 Å². The van der Waals surface area contributed by atoms with E-state index in [1.165, 1.54) is 0 Å². The summed E-state index contributed by atoms with van der Waals surface area (Å²) in [7, 11) is 0. The predicted molar refractivity (Wildman–Crippen MR) is 79.0 cm³/mol. The van der Waals surface area contributed by atoms with Crippen LogP contribution >= 0.6 is 0 Å². The molecule has 1 aliphatic carbocycles. The van der Waals surface area contributed by atoms with Crippen LogP contribution in [-0.2, 0) is 25.7 Å². The molecule has 3 rings (SSSR count). The third kappa shape index (κ3) is 3.91. The van der Waals surface area contributed by atoms with Gasteiger partial charge in [0.2, 0.25) is 5.91 Å². The highest BCUT2D eigenvalue weighted by atomic mass is 16.5. The highest BCUT2D eigenvalue weighted by Gasteiger charge is 2.37. The van der Waals surface area contributed by atoms with Crippen molar-refractivity contribution in [2.45, 2.75) is 44.9 Å². The normalized spacial score (nSPS) is 22.0. The van der Waals surface area contributed by atoms with E-state index in [-0.39, 0.29) is 30.8 Å². The van der Waals surface area contributed by atoms with Crippen molar-refractivity contribution in [3.63, 3.8) is 0 Å². The van der Waals surface area contributed by atoms with Crippen LogP contribution in [0.3, 0.4) is 0 Å². The van der Waals surface area contributed by atoms with Crippen LogP contribution in [0.15, 0.2) is 22.8 Å². The minimum Gasteiger partial charge on any atom is -0.467 e. The smallest absolute Gasteiger partial charge is 0.312 e. The predicted octanol–water partition coefficient (Wildman–Crippen LogP) is 0.838. The van der Waals surface area contributed by atoms with Crippen molar-refractivity contribution in [2.24, 2.45) is 5.92 Å². The Labute approximate surface area is 134 Å². The van der Waals surface area contributed by atoms with Gasteiger partial charge in [0.1, 0.15) is 5.76 Å². The maximum absolute atomic E-state index is 12.2. The van der Waals surface area contributed by atoms with Gasteiger partial charge in [-0.2, -0.15) is 0 Å². The SMILES string of the molecule is C[C@@H](OC(=O)[C@H]1CC(=O)N(Cc2ccco2)C1)C(=O)NC1CC1. The Balaban J connectivity index is 1.49. The summed E-state index contributed by atoms with van der Waals surface area (Å²) < 4.78 is 10.4. The number of rotatable bonds is 6. The fraction of sp³-hybridized carbons (Fsp3) is 0.562. The lowest BCUT2D eigenvalue weighted by Gasteiger charge is -2.17. The molecule has 1 aromatic rings. The molecule has 0 spiro atoms. The number of likely N-dealkylation sites (tertiary alicyclic amines) is 1. The highest BCUT2D eigenvalue weighted by Crippen LogP contribution is 2.22. The second-order valence-corrected chi connectivity index (χ2v) is 6.12. The zero-order valence-corrected chi connectivity index (χ0v) is 13.0. The molecule has 1 saturated heterocycles. The van der Waals surface area contributed by atoms with Crippen LogP contribution in [0.2, 0.25) is 0 Å². The van der Waals surface area contributed by atoms with Gasteiger partial charge in [0.15, 0.2) is 6.10 Å². The summed E-state index contributed by atoms with van der Waals surface area (Å²) in [6.07, 6.45) is 2.77. The van der Waals surface area contributed by atoms with Gasteiger partial charge in [0, 0.05) is 19.0 Å². The minimum atomic E-state index is -0.836. The van der Waals surface area contributed by atoms with Crippen molar-refractivity contribution in [1.29, 1.82) is 0 Å². The summed E-state index contributed by atoms with van der Waals surface area (Å²) in [4.78, 5) is 37.5. The molecule has 1 aliphatic heterocycles. The van der Waals surface area contributed by atoms with E-state index in [1.807, 2.05) is 0 Å². The maximum Gasteiger partial charge on any atom is 0.312 e. The topological polar surface area (TPSA) is 88.9 Å². The highest BCUT2D eigenvalue weighted by molar-refractivity contribution is 5.89. The Hall–Kier alpha value is -2.31. The number of ether oxygens (including phenoxy) is 1. The third-order valence-electron chi connectivity index (χ3n) is 4.06. The van der Waals surface area contributed by atoms with Crippen LogP contribution < -0.4 is 5.32 Å². The van der Waals surface area contributed by atoms with E-state index in [4.69, 9.17) is 9.15 Å². The molecule has 0 aromatic carbocycles. The van der Waals surface area contributed by atoms with Gasteiger partial charge in [-0.05, 0) is 31.9 Å². The van der Waals surface area contributed by atoms with Gasteiger partial charge in [0.25, 0.3) is 5.91 Å². The van der Waals surface area contributed by atoms with Gasteiger partial charge < -0.3 is 19.4 Å². The lowest BCUT2D eigenvalue weighted by Crippen LogP contribution is -2.38. The monoisotopic (exact) mass is 320 g/mol. The number of furan rings is 1. The molecule has 2 heterocycles. The van der Waals surface area contributed by atoms with Gasteiger partial charge in [-0.25, -0.2) is 0 Å². The van der Waals surface area contributed by atoms with Crippen LogP contribution in [-0.4, -0.2) is 41.4 Å². The summed E-state index contributed by atoms with van der Waals surface area (Å²) >= 11 is 0. The molecule has 1 N–H and O–H groups in total. The number of nitrogens with zero attached hydrogens (tertiary/aromatic N) is 1. The molecule has 1 aromatic heterocycles. The molecule has 23 heavy (non-hydrogen) atoms. The van der Waals surface area contributed by atoms with Crippen molar-refractivity contribution in [3.8, 4) is 0 Å². The molecule has 7 nitrogen and oxygen atoms in total. The largest absolute Gasteiger partial charge is 0.467 e. The standard InChI is InChI=1S/C16H20N2O5/c1-10(15(20)17-12-4-5-12)23-16(21)11-7-14(19)18(8-11)9-13-3-2-6-22-13/h2-3,6,10-12H,4-5,7-9H2,1H3,(H,17,20)/t10-,11+/m1/s1. The number of amides is 2. The first-order valence-electron chi connectivity index (χ1n) is 7.84. The first-order valence-corrected chi connectivity index (χ1v) is 7.84. The second kappa shape index (κ2) is 6.44. The molecule has 7 heteroatoms. The van der Waals surface area contributed by atoms with Crippen molar-refractivity contribution >= 4 is 17.8 Å². The van der Waals surface area contributed by atoms with E-state index in [0.29, 0.717) is 12.3 Å². The number of esters is 1. The number of nitrogens with one attached hydrogen (secondary N) is 1. The molecule has 124 valence electrons.